The van der Waals surface area contributed by atoms with E-state index in [4.69, 9.17) is 23.2 Å². The van der Waals surface area contributed by atoms with Gasteiger partial charge in [0.15, 0.2) is 5.43 Å². The third-order valence-corrected chi connectivity index (χ3v) is 6.17. The first-order valence-electron chi connectivity index (χ1n) is 10.3. The summed E-state index contributed by atoms with van der Waals surface area (Å²) >= 11 is 12.2. The predicted molar refractivity (Wildman–Crippen MR) is 130 cm³/mol. The molecular weight excluding hydrogens is 461 g/mol. The molecule has 168 valence electrons. The third-order valence-electron chi connectivity index (χ3n) is 5.43. The largest absolute Gasteiger partial charge is 0.477 e. The van der Waals surface area contributed by atoms with Crippen molar-refractivity contribution in [2.24, 2.45) is 0 Å². The van der Waals surface area contributed by atoms with Crippen LogP contribution in [0.3, 0.4) is 0 Å². The summed E-state index contributed by atoms with van der Waals surface area (Å²) in [5.41, 5.74) is 3.51. The van der Waals surface area contributed by atoms with Gasteiger partial charge in [-0.05, 0) is 32.0 Å². The fraction of sp³-hybridized carbons (Fsp3) is 0.160. The highest BCUT2D eigenvalue weighted by Gasteiger charge is 2.22. The molecule has 0 aliphatic heterocycles. The van der Waals surface area contributed by atoms with Crippen molar-refractivity contribution < 1.29 is 9.90 Å². The molecule has 0 fully saturated rings. The molecule has 6 nitrogen and oxygen atoms in total. The van der Waals surface area contributed by atoms with E-state index < -0.39 is 11.4 Å². The number of benzene rings is 2. The molecule has 0 radical (unpaired) electrons. The second-order valence-corrected chi connectivity index (χ2v) is 8.48. The molecule has 2 aromatic heterocycles. The van der Waals surface area contributed by atoms with Gasteiger partial charge < -0.3 is 9.67 Å². The zero-order valence-electron chi connectivity index (χ0n) is 18.0. The first-order chi connectivity index (χ1) is 15.8. The van der Waals surface area contributed by atoms with Crippen LogP contribution in [0, 0.1) is 6.92 Å². The molecule has 2 heterocycles. The maximum Gasteiger partial charge on any atom is 0.341 e. The van der Waals surface area contributed by atoms with Crippen molar-refractivity contribution in [3.05, 3.63) is 97.9 Å². The van der Waals surface area contributed by atoms with Crippen LogP contribution in [0.15, 0.2) is 65.6 Å². The molecule has 0 aliphatic rings. The van der Waals surface area contributed by atoms with Crippen LogP contribution in [0.1, 0.15) is 28.5 Å². The van der Waals surface area contributed by atoms with Crippen LogP contribution in [0.2, 0.25) is 10.0 Å². The highest BCUT2D eigenvalue weighted by Crippen LogP contribution is 2.31. The lowest BCUT2D eigenvalue weighted by molar-refractivity contribution is 0.0695. The Kier molecular flexibility index (Phi) is 6.40. The van der Waals surface area contributed by atoms with E-state index in [1.54, 1.807) is 27.4 Å². The van der Waals surface area contributed by atoms with Gasteiger partial charge in [0.1, 0.15) is 5.56 Å². The first kappa shape index (κ1) is 22.8. The Morgan fingerprint density at radius 3 is 2.33 bits per heavy atom. The maximum absolute atomic E-state index is 12.9. The lowest BCUT2D eigenvalue weighted by Crippen LogP contribution is -2.24. The molecule has 33 heavy (non-hydrogen) atoms. The van der Waals surface area contributed by atoms with Crippen LogP contribution in [0.5, 0.6) is 0 Å². The van der Waals surface area contributed by atoms with Gasteiger partial charge in [0.05, 0.1) is 28.0 Å². The standard InChI is InChI=1S/C25H21Cl2N3O3/c1-3-30-18(14-29-11-10-21(28-29)16-6-4-15(2)5-7-16)13-22(31)23(25(32)33)24(30)17-8-9-19(26)20(27)12-17/h4-13H,3,14H2,1-2H3,(H,32,33). The summed E-state index contributed by atoms with van der Waals surface area (Å²) in [5.74, 6) is -1.30. The molecule has 0 spiro atoms. The summed E-state index contributed by atoms with van der Waals surface area (Å²) in [7, 11) is 0. The van der Waals surface area contributed by atoms with E-state index in [1.807, 2.05) is 50.4 Å². The van der Waals surface area contributed by atoms with Gasteiger partial charge in [-0.2, -0.15) is 5.10 Å². The molecule has 4 rings (SSSR count). The number of carboxylic acid groups (broad SMARTS) is 1. The average molecular weight is 482 g/mol. The minimum atomic E-state index is -1.30. The monoisotopic (exact) mass is 481 g/mol. The number of nitrogens with zero attached hydrogens (tertiary/aromatic N) is 3. The lowest BCUT2D eigenvalue weighted by Gasteiger charge is -2.20. The third kappa shape index (κ3) is 4.58. The average Bonchev–Trinajstić information content (AvgIpc) is 3.24. The van der Waals surface area contributed by atoms with Crippen molar-refractivity contribution in [2.45, 2.75) is 26.9 Å². The Balaban J connectivity index is 1.82. The van der Waals surface area contributed by atoms with E-state index in [2.05, 4.69) is 5.10 Å². The summed E-state index contributed by atoms with van der Waals surface area (Å²) in [5, 5.41) is 15.1. The number of rotatable bonds is 6. The number of hydrogen-bond donors (Lipinski definition) is 1. The van der Waals surface area contributed by atoms with Gasteiger partial charge in [-0.25, -0.2) is 4.79 Å². The molecule has 4 aromatic rings. The van der Waals surface area contributed by atoms with Crippen LogP contribution in [0.25, 0.3) is 22.5 Å². The van der Waals surface area contributed by atoms with E-state index in [-0.39, 0.29) is 16.3 Å². The molecule has 0 atom stereocenters. The molecule has 0 amide bonds. The minimum absolute atomic E-state index is 0.279. The molecule has 2 aromatic carbocycles. The van der Waals surface area contributed by atoms with Crippen molar-refractivity contribution >= 4 is 29.2 Å². The number of aryl methyl sites for hydroxylation is 1. The topological polar surface area (TPSA) is 77.1 Å². The summed E-state index contributed by atoms with van der Waals surface area (Å²) in [6.45, 7) is 4.65. The van der Waals surface area contributed by atoms with Gasteiger partial charge in [0, 0.05) is 35.6 Å². The van der Waals surface area contributed by atoms with Crippen LogP contribution in [-0.4, -0.2) is 25.4 Å². The van der Waals surface area contributed by atoms with Crippen molar-refractivity contribution in [1.82, 2.24) is 14.3 Å². The molecule has 0 unspecified atom stereocenters. The quantitative estimate of drug-likeness (QED) is 0.379. The van der Waals surface area contributed by atoms with Gasteiger partial charge in [-0.1, -0.05) is 59.1 Å². The van der Waals surface area contributed by atoms with E-state index in [0.717, 1.165) is 11.3 Å². The second-order valence-electron chi connectivity index (χ2n) is 7.67. The minimum Gasteiger partial charge on any atom is -0.477 e. The van der Waals surface area contributed by atoms with Crippen molar-refractivity contribution in [3.8, 4) is 22.5 Å². The SMILES string of the molecule is CCn1c(Cn2ccc(-c3ccc(C)cc3)n2)cc(=O)c(C(=O)O)c1-c1ccc(Cl)c(Cl)c1. The Morgan fingerprint density at radius 2 is 1.70 bits per heavy atom. The number of halogens is 2. The molecule has 0 saturated heterocycles. The zero-order chi connectivity index (χ0) is 23.7. The summed E-state index contributed by atoms with van der Waals surface area (Å²) < 4.78 is 3.53. The predicted octanol–water partition coefficient (Wildman–Crippen LogP) is 5.76. The van der Waals surface area contributed by atoms with Gasteiger partial charge in [-0.15, -0.1) is 0 Å². The Labute approximate surface area is 200 Å². The molecule has 0 saturated carbocycles. The van der Waals surface area contributed by atoms with E-state index in [1.165, 1.54) is 11.6 Å². The molecular formula is C25H21Cl2N3O3. The van der Waals surface area contributed by atoms with Crippen molar-refractivity contribution in [1.29, 1.82) is 0 Å². The van der Waals surface area contributed by atoms with E-state index >= 15 is 0 Å². The summed E-state index contributed by atoms with van der Waals surface area (Å²) in [6.07, 6.45) is 1.84. The van der Waals surface area contributed by atoms with Crippen LogP contribution in [-0.2, 0) is 13.1 Å². The van der Waals surface area contributed by atoms with Gasteiger partial charge >= 0.3 is 5.97 Å². The van der Waals surface area contributed by atoms with Gasteiger partial charge in [-0.3, -0.25) is 9.48 Å². The van der Waals surface area contributed by atoms with Crippen LogP contribution < -0.4 is 5.43 Å². The van der Waals surface area contributed by atoms with Crippen molar-refractivity contribution in [3.63, 3.8) is 0 Å². The van der Waals surface area contributed by atoms with Gasteiger partial charge in [0.25, 0.3) is 0 Å². The number of aromatic nitrogens is 3. The summed E-state index contributed by atoms with van der Waals surface area (Å²) in [4.78, 5) is 24.9. The number of aromatic carboxylic acids is 1. The Morgan fingerprint density at radius 1 is 1.00 bits per heavy atom. The Bertz CT molecular complexity index is 1410. The Hall–Kier alpha value is -3.35. The number of pyridine rings is 1. The molecule has 0 aliphatic carbocycles. The van der Waals surface area contributed by atoms with Crippen LogP contribution >= 0.6 is 23.2 Å². The zero-order valence-corrected chi connectivity index (χ0v) is 19.6. The molecule has 1 N–H and O–H groups in total. The highest BCUT2D eigenvalue weighted by molar-refractivity contribution is 6.42. The number of carboxylic acids is 1. The van der Waals surface area contributed by atoms with E-state index in [0.29, 0.717) is 29.4 Å². The smallest absolute Gasteiger partial charge is 0.341 e. The first-order valence-corrected chi connectivity index (χ1v) is 11.1. The number of hydrogen-bond acceptors (Lipinski definition) is 3. The molecule has 0 bridgehead atoms. The normalized spacial score (nSPS) is 11.0. The van der Waals surface area contributed by atoms with E-state index in [9.17, 15) is 14.7 Å². The fourth-order valence-corrected chi connectivity index (χ4v) is 4.13. The van der Waals surface area contributed by atoms with Crippen LogP contribution in [0.4, 0.5) is 0 Å². The summed E-state index contributed by atoms with van der Waals surface area (Å²) in [6, 6.07) is 16.2. The van der Waals surface area contributed by atoms with Gasteiger partial charge in [0.2, 0.25) is 0 Å². The lowest BCUT2D eigenvalue weighted by atomic mass is 10.0. The highest BCUT2D eigenvalue weighted by atomic mass is 35.5. The molecule has 8 heteroatoms. The number of carbonyl (C=O) groups is 1. The fourth-order valence-electron chi connectivity index (χ4n) is 3.83. The van der Waals surface area contributed by atoms with Crippen molar-refractivity contribution in [2.75, 3.05) is 0 Å². The maximum atomic E-state index is 12.9. The second kappa shape index (κ2) is 9.25.